The maximum atomic E-state index is 15.3. The molecule has 12 heteroatoms. The Labute approximate surface area is 180 Å². The number of hydrogen-bond acceptors (Lipinski definition) is 7. The largest absolute Gasteiger partial charge is 0.489 e. The maximum Gasteiger partial charge on any atom is 0.244 e. The highest BCUT2D eigenvalue weighted by Gasteiger charge is 2.36. The van der Waals surface area contributed by atoms with E-state index in [0.717, 1.165) is 0 Å². The molecule has 0 amide bonds. The van der Waals surface area contributed by atoms with Crippen LogP contribution >= 0.6 is 0 Å². The van der Waals surface area contributed by atoms with Crippen molar-refractivity contribution in [2.45, 2.75) is 48.8 Å². The molecular formula is C19H26F2N2O6S2. The number of hydrogen-bond donors (Lipinski definition) is 3. The van der Waals surface area contributed by atoms with Gasteiger partial charge in [-0.05, 0) is 39.0 Å². The first-order valence-electron chi connectivity index (χ1n) is 9.69. The third-order valence-corrected chi connectivity index (χ3v) is 7.23. The number of aliphatic hydroxyl groups excluding tert-OH is 1. The Kier molecular flexibility index (Phi) is 8.57. The molecule has 0 bridgehead atoms. The number of anilines is 1. The van der Waals surface area contributed by atoms with Gasteiger partial charge in [-0.3, -0.25) is 0 Å². The zero-order chi connectivity index (χ0) is 23.2. The van der Waals surface area contributed by atoms with E-state index in [2.05, 4.69) is 5.32 Å². The van der Waals surface area contributed by atoms with Crippen LogP contribution in [0, 0.1) is 11.6 Å². The van der Waals surface area contributed by atoms with Crippen molar-refractivity contribution in [3.8, 4) is 5.75 Å². The number of sulfonamides is 1. The molecule has 0 spiro atoms. The van der Waals surface area contributed by atoms with Crippen LogP contribution in [0.1, 0.15) is 39.0 Å². The summed E-state index contributed by atoms with van der Waals surface area (Å²) in [6, 6.07) is 0. The predicted molar refractivity (Wildman–Crippen MR) is 112 cm³/mol. The summed E-state index contributed by atoms with van der Waals surface area (Å²) in [5, 5.41) is 16.7. The van der Waals surface area contributed by atoms with Gasteiger partial charge in [-0.2, -0.15) is 0 Å². The third kappa shape index (κ3) is 6.03. The van der Waals surface area contributed by atoms with Crippen molar-refractivity contribution in [3.63, 3.8) is 0 Å². The molecule has 1 aromatic carbocycles. The monoisotopic (exact) mass is 480 g/mol. The van der Waals surface area contributed by atoms with E-state index < -0.39 is 65.1 Å². The summed E-state index contributed by atoms with van der Waals surface area (Å²) in [5.41, 5.74) is -0.307. The lowest BCUT2D eigenvalue weighted by atomic mass is 10.1. The number of benzene rings is 1. The first-order valence-corrected chi connectivity index (χ1v) is 12.9. The van der Waals surface area contributed by atoms with E-state index in [1.165, 1.54) is 6.92 Å². The van der Waals surface area contributed by atoms with Crippen LogP contribution < -0.4 is 15.2 Å². The van der Waals surface area contributed by atoms with Crippen molar-refractivity contribution in [3.05, 3.63) is 35.6 Å². The highest BCUT2D eigenvalue weighted by Crippen LogP contribution is 2.42. The number of rotatable bonds is 9. The summed E-state index contributed by atoms with van der Waals surface area (Å²) in [5.74, 6) is -4.93. The second-order valence-electron chi connectivity index (χ2n) is 6.81. The molecule has 1 aliphatic carbocycles. The lowest BCUT2D eigenvalue weighted by Crippen LogP contribution is -2.22. The Morgan fingerprint density at radius 2 is 1.77 bits per heavy atom. The zero-order valence-electron chi connectivity index (χ0n) is 17.0. The Morgan fingerprint density at radius 3 is 2.39 bits per heavy atom. The van der Waals surface area contributed by atoms with E-state index in [1.807, 2.05) is 12.2 Å². The molecule has 0 radical (unpaired) electrons. The molecule has 0 fully saturated rings. The van der Waals surface area contributed by atoms with Crippen LogP contribution in [-0.2, 0) is 19.9 Å². The minimum atomic E-state index is -4.90. The van der Waals surface area contributed by atoms with Crippen molar-refractivity contribution in [2.75, 3.05) is 24.3 Å². The average molecular weight is 481 g/mol. The third-order valence-electron chi connectivity index (χ3n) is 4.46. The van der Waals surface area contributed by atoms with E-state index in [1.54, 1.807) is 6.08 Å². The summed E-state index contributed by atoms with van der Waals surface area (Å²) in [4.78, 5) is -2.32. The van der Waals surface area contributed by atoms with Gasteiger partial charge in [0.15, 0.2) is 32.1 Å². The van der Waals surface area contributed by atoms with Gasteiger partial charge in [-0.15, -0.1) is 0 Å². The summed E-state index contributed by atoms with van der Waals surface area (Å²) >= 11 is 0. The number of allylic oxidation sites excluding steroid dienone is 4. The van der Waals surface area contributed by atoms with Crippen LogP contribution in [0.4, 0.5) is 14.5 Å². The fourth-order valence-electron chi connectivity index (χ4n) is 3.12. The summed E-state index contributed by atoms with van der Waals surface area (Å²) in [7, 11) is -9.28. The molecule has 0 atom stereocenters. The fraction of sp³-hybridized carbons (Fsp3) is 0.474. The Morgan fingerprint density at radius 1 is 1.10 bits per heavy atom. The fourth-order valence-corrected chi connectivity index (χ4v) is 5.41. The van der Waals surface area contributed by atoms with Crippen LogP contribution in [0.5, 0.6) is 5.75 Å². The van der Waals surface area contributed by atoms with Gasteiger partial charge in [0.05, 0.1) is 18.0 Å². The second-order valence-corrected chi connectivity index (χ2v) is 10.4. The molecule has 4 N–H and O–H groups in total. The minimum Gasteiger partial charge on any atom is -0.489 e. The molecule has 0 aromatic heterocycles. The topological polar surface area (TPSA) is 136 Å². The van der Waals surface area contributed by atoms with Gasteiger partial charge in [0.2, 0.25) is 10.0 Å². The lowest BCUT2D eigenvalue weighted by Gasteiger charge is -2.21. The molecule has 174 valence electrons. The number of nitrogens with one attached hydrogen (secondary N) is 1. The second kappa shape index (κ2) is 10.5. The van der Waals surface area contributed by atoms with Crippen LogP contribution in [0.25, 0.3) is 0 Å². The maximum absolute atomic E-state index is 15.3. The summed E-state index contributed by atoms with van der Waals surface area (Å²) < 4.78 is 85.2. The molecule has 0 unspecified atom stereocenters. The van der Waals surface area contributed by atoms with Crippen molar-refractivity contribution < 1.29 is 35.5 Å². The number of aliphatic hydroxyl groups is 1. The SMILES string of the molecule is CCOc1c(F)c(S(N)(=O)=O)c(F)c(N/C2=C/CC/C=C\CC2)c1S(=O)(=O)CCCO. The smallest absolute Gasteiger partial charge is 0.244 e. The van der Waals surface area contributed by atoms with Gasteiger partial charge in [-0.25, -0.2) is 30.8 Å². The number of sulfone groups is 1. The van der Waals surface area contributed by atoms with Gasteiger partial charge in [0, 0.05) is 12.3 Å². The van der Waals surface area contributed by atoms with Crippen LogP contribution in [0.3, 0.4) is 0 Å². The van der Waals surface area contributed by atoms with E-state index in [9.17, 15) is 16.8 Å². The lowest BCUT2D eigenvalue weighted by molar-refractivity contribution is 0.294. The molecule has 0 saturated heterocycles. The molecule has 31 heavy (non-hydrogen) atoms. The molecule has 0 heterocycles. The number of primary sulfonamides is 1. The number of halogens is 2. The van der Waals surface area contributed by atoms with Crippen molar-refractivity contribution >= 4 is 25.5 Å². The molecular weight excluding hydrogens is 454 g/mol. The standard InChI is InChI=1S/C19H26F2N2O6S2/c1-2-29-17-15(21)18(31(22,27)28)14(20)16(19(17)30(25,26)12-8-11-24)23-13-9-6-4-3-5-7-10-13/h3-4,10,23-24H,2,5-9,11-12H2,1H3,(H2,22,27,28)/b4-3-,13-10+. The first kappa shape index (κ1) is 25.2. The molecule has 1 aromatic rings. The van der Waals surface area contributed by atoms with Gasteiger partial charge < -0.3 is 15.2 Å². The molecule has 2 rings (SSSR count). The van der Waals surface area contributed by atoms with Gasteiger partial charge in [0.1, 0.15) is 4.90 Å². The van der Waals surface area contributed by atoms with Gasteiger partial charge >= 0.3 is 0 Å². The number of ether oxygens (including phenoxy) is 1. The van der Waals surface area contributed by atoms with E-state index in [-0.39, 0.29) is 13.0 Å². The van der Waals surface area contributed by atoms with Crippen molar-refractivity contribution in [1.82, 2.24) is 0 Å². The van der Waals surface area contributed by atoms with Crippen LogP contribution in [0.2, 0.25) is 0 Å². The first-order chi connectivity index (χ1) is 14.5. The quantitative estimate of drug-likeness (QED) is 0.462. The van der Waals surface area contributed by atoms with E-state index in [0.29, 0.717) is 31.4 Å². The minimum absolute atomic E-state index is 0.193. The Bertz CT molecular complexity index is 1080. The Balaban J connectivity index is 2.84. The average Bonchev–Trinajstić information content (AvgIpc) is 2.64. The number of nitrogens with two attached hydrogens (primary N) is 1. The van der Waals surface area contributed by atoms with Crippen molar-refractivity contribution in [1.29, 1.82) is 0 Å². The van der Waals surface area contributed by atoms with Gasteiger partial charge in [-0.1, -0.05) is 18.2 Å². The highest BCUT2D eigenvalue weighted by molar-refractivity contribution is 7.91. The molecule has 0 aliphatic heterocycles. The Hall–Kier alpha value is -2.02. The normalized spacial score (nSPS) is 17.9. The summed E-state index contributed by atoms with van der Waals surface area (Å²) in [6.45, 7) is 0.742. The highest BCUT2D eigenvalue weighted by atomic mass is 32.2. The molecule has 0 saturated carbocycles. The van der Waals surface area contributed by atoms with Crippen molar-refractivity contribution in [2.24, 2.45) is 5.14 Å². The predicted octanol–water partition coefficient (Wildman–Crippen LogP) is 2.59. The van der Waals surface area contributed by atoms with Gasteiger partial charge in [0.25, 0.3) is 0 Å². The van der Waals surface area contributed by atoms with Crippen LogP contribution in [0.15, 0.2) is 33.7 Å². The summed E-state index contributed by atoms with van der Waals surface area (Å²) in [6.07, 6.45) is 7.68. The van der Waals surface area contributed by atoms with Crippen LogP contribution in [-0.4, -0.2) is 40.9 Å². The molecule has 1 aliphatic rings. The zero-order valence-corrected chi connectivity index (χ0v) is 18.7. The molecule has 8 nitrogen and oxygen atoms in total. The van der Waals surface area contributed by atoms with E-state index >= 15 is 8.78 Å². The van der Waals surface area contributed by atoms with E-state index in [4.69, 9.17) is 15.0 Å².